The maximum Gasteiger partial charge on any atom is 1.00 e. The predicted molar refractivity (Wildman–Crippen MR) is 129 cm³/mol. The molecule has 1 amide bonds. The standard InChI is InChI=1S/C25H22Cl2N4O3.Na/c1-15-19(13-14-28)16(2)31(30-15)18-11-9-17(10-12-18)5-3-8-22(25(33)34)29-24(32)23-20(26)6-4-7-21(23)27;/h3-7,9-12,22H,8,13H2,1-2H3,(H,29,32)(H,33,34);/q;+1/p-1/b5-3+;. The van der Waals surface area contributed by atoms with Crippen molar-refractivity contribution in [3.63, 3.8) is 0 Å². The Labute approximate surface area is 235 Å². The average molecular weight is 519 g/mol. The maximum atomic E-state index is 12.5. The fourth-order valence-electron chi connectivity index (χ4n) is 3.49. The number of aryl methyl sites for hydroxylation is 1. The second-order valence-electron chi connectivity index (χ2n) is 7.57. The van der Waals surface area contributed by atoms with Gasteiger partial charge in [0.05, 0.1) is 51.5 Å². The molecule has 1 aromatic heterocycles. The van der Waals surface area contributed by atoms with E-state index in [0.717, 1.165) is 28.2 Å². The Morgan fingerprint density at radius 1 is 1.17 bits per heavy atom. The quantitative estimate of drug-likeness (QED) is 0.443. The zero-order valence-electron chi connectivity index (χ0n) is 19.5. The second-order valence-corrected chi connectivity index (χ2v) is 8.38. The minimum Gasteiger partial charge on any atom is -0.548 e. The van der Waals surface area contributed by atoms with Crippen LogP contribution in [0.4, 0.5) is 0 Å². The average Bonchev–Trinajstić information content (AvgIpc) is 3.07. The normalized spacial score (nSPS) is 11.5. The van der Waals surface area contributed by atoms with Gasteiger partial charge in [0.1, 0.15) is 0 Å². The van der Waals surface area contributed by atoms with E-state index in [9.17, 15) is 14.7 Å². The molecule has 0 radical (unpaired) electrons. The summed E-state index contributed by atoms with van der Waals surface area (Å²) in [6, 6.07) is 13.0. The van der Waals surface area contributed by atoms with Crippen molar-refractivity contribution in [2.45, 2.75) is 32.7 Å². The summed E-state index contributed by atoms with van der Waals surface area (Å²) in [6.45, 7) is 3.80. The van der Waals surface area contributed by atoms with Crippen LogP contribution in [0.5, 0.6) is 0 Å². The molecule has 10 heteroatoms. The summed E-state index contributed by atoms with van der Waals surface area (Å²) in [7, 11) is 0. The minimum absolute atomic E-state index is 0. The van der Waals surface area contributed by atoms with E-state index in [1.54, 1.807) is 22.9 Å². The third-order valence-corrected chi connectivity index (χ3v) is 5.93. The van der Waals surface area contributed by atoms with Crippen molar-refractivity contribution in [1.29, 1.82) is 5.26 Å². The number of halogens is 2. The number of aromatic nitrogens is 2. The number of carboxylic acid groups (broad SMARTS) is 1. The van der Waals surface area contributed by atoms with Crippen molar-refractivity contribution in [2.24, 2.45) is 0 Å². The Balaban J connectivity index is 0.00000432. The van der Waals surface area contributed by atoms with Crippen molar-refractivity contribution in [1.82, 2.24) is 15.1 Å². The first kappa shape index (κ1) is 28.6. The van der Waals surface area contributed by atoms with Crippen molar-refractivity contribution < 1.29 is 44.3 Å². The fraction of sp³-hybridized carbons (Fsp3) is 0.200. The van der Waals surface area contributed by atoms with E-state index < -0.39 is 17.9 Å². The number of carbonyl (C=O) groups excluding carboxylic acids is 2. The molecular weight excluding hydrogens is 498 g/mol. The molecule has 0 saturated heterocycles. The maximum absolute atomic E-state index is 12.5. The number of nitriles is 1. The van der Waals surface area contributed by atoms with Gasteiger partial charge in [-0.15, -0.1) is 0 Å². The van der Waals surface area contributed by atoms with Crippen molar-refractivity contribution >= 4 is 41.2 Å². The van der Waals surface area contributed by atoms with Gasteiger partial charge in [0.25, 0.3) is 5.91 Å². The summed E-state index contributed by atoms with van der Waals surface area (Å²) < 4.78 is 1.79. The number of carbonyl (C=O) groups is 2. The zero-order valence-corrected chi connectivity index (χ0v) is 23.0. The summed E-state index contributed by atoms with van der Waals surface area (Å²) in [5.41, 5.74) is 4.34. The van der Waals surface area contributed by atoms with Crippen LogP contribution in [0.3, 0.4) is 0 Å². The smallest absolute Gasteiger partial charge is 0.548 e. The summed E-state index contributed by atoms with van der Waals surface area (Å²) >= 11 is 12.0. The van der Waals surface area contributed by atoms with Gasteiger partial charge in [-0.1, -0.05) is 53.6 Å². The van der Waals surface area contributed by atoms with Crippen LogP contribution in [-0.4, -0.2) is 27.7 Å². The molecule has 0 bridgehead atoms. The Kier molecular flexibility index (Phi) is 10.6. The summed E-state index contributed by atoms with van der Waals surface area (Å²) in [5.74, 6) is -2.11. The largest absolute Gasteiger partial charge is 1.00 e. The van der Waals surface area contributed by atoms with Gasteiger partial charge < -0.3 is 15.2 Å². The molecule has 7 nitrogen and oxygen atoms in total. The second kappa shape index (κ2) is 12.9. The fourth-order valence-corrected chi connectivity index (χ4v) is 4.06. The molecule has 35 heavy (non-hydrogen) atoms. The van der Waals surface area contributed by atoms with Gasteiger partial charge in [0.15, 0.2) is 0 Å². The number of hydrogen-bond donors (Lipinski definition) is 1. The number of benzene rings is 2. The monoisotopic (exact) mass is 518 g/mol. The third kappa shape index (κ3) is 6.97. The van der Waals surface area contributed by atoms with Crippen LogP contribution in [0.1, 0.15) is 39.3 Å². The molecule has 0 spiro atoms. The molecule has 0 aliphatic carbocycles. The van der Waals surface area contributed by atoms with Crippen LogP contribution >= 0.6 is 23.2 Å². The molecule has 1 N–H and O–H groups in total. The van der Waals surface area contributed by atoms with E-state index in [1.807, 2.05) is 38.1 Å². The first-order valence-corrected chi connectivity index (χ1v) is 11.1. The molecule has 1 atom stereocenters. The van der Waals surface area contributed by atoms with E-state index in [1.165, 1.54) is 12.1 Å². The van der Waals surface area contributed by atoms with E-state index >= 15 is 0 Å². The summed E-state index contributed by atoms with van der Waals surface area (Å²) in [6.07, 6.45) is 3.69. The van der Waals surface area contributed by atoms with Gasteiger partial charge in [-0.2, -0.15) is 10.4 Å². The number of aliphatic carboxylic acids is 1. The molecule has 0 saturated carbocycles. The first-order valence-electron chi connectivity index (χ1n) is 10.4. The summed E-state index contributed by atoms with van der Waals surface area (Å²) in [5, 5.41) is 27.7. The number of nitrogens with zero attached hydrogens (tertiary/aromatic N) is 3. The Bertz CT molecular complexity index is 1280. The molecule has 0 aliphatic rings. The van der Waals surface area contributed by atoms with Gasteiger partial charge in [-0.25, -0.2) is 4.68 Å². The van der Waals surface area contributed by atoms with E-state index in [-0.39, 0.29) is 51.6 Å². The van der Waals surface area contributed by atoms with Crippen LogP contribution in [0.15, 0.2) is 48.5 Å². The van der Waals surface area contributed by atoms with Gasteiger partial charge in [-0.05, 0) is 50.1 Å². The van der Waals surface area contributed by atoms with E-state index in [4.69, 9.17) is 28.5 Å². The SMILES string of the molecule is Cc1nn(-c2ccc(/C=C/CC(NC(=O)c3c(Cl)cccc3Cl)C(=O)[O-])cc2)c(C)c1CC#N.[Na+]. The van der Waals surface area contributed by atoms with Crippen LogP contribution in [-0.2, 0) is 11.2 Å². The number of amides is 1. The summed E-state index contributed by atoms with van der Waals surface area (Å²) in [4.78, 5) is 24.0. The van der Waals surface area contributed by atoms with Crippen LogP contribution in [0.25, 0.3) is 11.8 Å². The van der Waals surface area contributed by atoms with Crippen molar-refractivity contribution in [3.8, 4) is 11.8 Å². The number of rotatable bonds is 8. The minimum atomic E-state index is -1.42. The molecule has 0 fully saturated rings. The van der Waals surface area contributed by atoms with Crippen LogP contribution in [0.2, 0.25) is 10.0 Å². The molecule has 0 aliphatic heterocycles. The van der Waals surface area contributed by atoms with Crippen molar-refractivity contribution in [3.05, 3.63) is 86.7 Å². The van der Waals surface area contributed by atoms with Crippen LogP contribution < -0.4 is 40.0 Å². The molecule has 1 heterocycles. The molecule has 2 aromatic carbocycles. The third-order valence-electron chi connectivity index (χ3n) is 5.30. The predicted octanol–water partition coefficient (Wildman–Crippen LogP) is 0.818. The van der Waals surface area contributed by atoms with Gasteiger partial charge in [0.2, 0.25) is 0 Å². The topological polar surface area (TPSA) is 111 Å². The molecule has 3 rings (SSSR count). The van der Waals surface area contributed by atoms with Crippen molar-refractivity contribution in [2.75, 3.05) is 0 Å². The molecule has 1 unspecified atom stereocenters. The first-order chi connectivity index (χ1) is 16.2. The number of hydrogen-bond acceptors (Lipinski definition) is 5. The van der Waals surface area contributed by atoms with E-state index in [2.05, 4.69) is 16.5 Å². The van der Waals surface area contributed by atoms with Gasteiger partial charge in [0, 0.05) is 11.3 Å². The Morgan fingerprint density at radius 2 is 1.80 bits per heavy atom. The van der Waals surface area contributed by atoms with Crippen LogP contribution in [0, 0.1) is 25.2 Å². The molecular formula is C25H21Cl2N4NaO3. The molecule has 3 aromatic rings. The number of carboxylic acids is 1. The molecule has 174 valence electrons. The van der Waals surface area contributed by atoms with E-state index in [0.29, 0.717) is 6.42 Å². The van der Waals surface area contributed by atoms with Gasteiger partial charge >= 0.3 is 29.6 Å². The number of nitrogens with one attached hydrogen (secondary N) is 1. The zero-order chi connectivity index (χ0) is 24.8. The Morgan fingerprint density at radius 3 is 2.37 bits per heavy atom. The van der Waals surface area contributed by atoms with Gasteiger partial charge in [-0.3, -0.25) is 4.79 Å². The Hall–Kier alpha value is -2.60.